The van der Waals surface area contributed by atoms with Gasteiger partial charge in [0.25, 0.3) is 0 Å². The summed E-state index contributed by atoms with van der Waals surface area (Å²) >= 11 is 6.04. The molecule has 0 aliphatic heterocycles. The van der Waals surface area contributed by atoms with Gasteiger partial charge in [0, 0.05) is 11.3 Å². The standard InChI is InChI=1S/C12H16ClNO4/c1-6-8(14)4-3-7(11(6)13)12(17)9(15)5-10(16)18-2/h3-4,9,12,15,17H,5,14H2,1-2H3. The second-order valence-electron chi connectivity index (χ2n) is 3.98. The highest BCUT2D eigenvalue weighted by molar-refractivity contribution is 6.32. The molecule has 100 valence electrons. The number of hydrogen-bond donors (Lipinski definition) is 3. The van der Waals surface area contributed by atoms with Crippen molar-refractivity contribution in [3.63, 3.8) is 0 Å². The van der Waals surface area contributed by atoms with E-state index in [4.69, 9.17) is 17.3 Å². The topological polar surface area (TPSA) is 92.8 Å². The highest BCUT2D eigenvalue weighted by atomic mass is 35.5. The first-order valence-electron chi connectivity index (χ1n) is 5.36. The van der Waals surface area contributed by atoms with E-state index < -0.39 is 18.2 Å². The molecule has 2 atom stereocenters. The summed E-state index contributed by atoms with van der Waals surface area (Å²) in [5.41, 5.74) is 7.12. The predicted octanol–water partition coefficient (Wildman–Crippen LogP) is 1.19. The Labute approximate surface area is 110 Å². The molecule has 6 heteroatoms. The van der Waals surface area contributed by atoms with Crippen molar-refractivity contribution < 1.29 is 19.7 Å². The van der Waals surface area contributed by atoms with Crippen LogP contribution in [0.1, 0.15) is 23.7 Å². The lowest BCUT2D eigenvalue weighted by Crippen LogP contribution is -2.23. The minimum Gasteiger partial charge on any atom is -0.469 e. The smallest absolute Gasteiger partial charge is 0.308 e. The summed E-state index contributed by atoms with van der Waals surface area (Å²) in [6, 6.07) is 3.11. The third-order valence-electron chi connectivity index (χ3n) is 2.74. The number of nitrogen functional groups attached to an aromatic ring is 1. The van der Waals surface area contributed by atoms with Crippen molar-refractivity contribution in [1.29, 1.82) is 0 Å². The molecule has 0 fully saturated rings. The number of aliphatic hydroxyl groups excluding tert-OH is 2. The van der Waals surface area contributed by atoms with Crippen molar-refractivity contribution in [2.45, 2.75) is 25.6 Å². The molecule has 0 heterocycles. The average Bonchev–Trinajstić information content (AvgIpc) is 2.35. The molecule has 0 amide bonds. The maximum absolute atomic E-state index is 11.0. The Morgan fingerprint density at radius 2 is 2.11 bits per heavy atom. The maximum atomic E-state index is 11.0. The molecule has 0 saturated carbocycles. The molecule has 0 aliphatic carbocycles. The molecule has 1 aromatic rings. The Kier molecular flexibility index (Phi) is 4.95. The Morgan fingerprint density at radius 3 is 2.67 bits per heavy atom. The van der Waals surface area contributed by atoms with Crippen LogP contribution in [0.3, 0.4) is 0 Å². The summed E-state index contributed by atoms with van der Waals surface area (Å²) < 4.78 is 4.42. The van der Waals surface area contributed by atoms with Crippen molar-refractivity contribution in [3.05, 3.63) is 28.3 Å². The van der Waals surface area contributed by atoms with Crippen LogP contribution in [0.2, 0.25) is 5.02 Å². The van der Waals surface area contributed by atoms with Crippen LogP contribution < -0.4 is 5.73 Å². The summed E-state index contributed by atoms with van der Waals surface area (Å²) in [4.78, 5) is 11.0. The van der Waals surface area contributed by atoms with E-state index in [1.54, 1.807) is 13.0 Å². The highest BCUT2D eigenvalue weighted by Crippen LogP contribution is 2.31. The number of ether oxygens (including phenoxy) is 1. The number of carbonyl (C=O) groups is 1. The zero-order valence-corrected chi connectivity index (χ0v) is 10.9. The van der Waals surface area contributed by atoms with E-state index in [1.807, 2.05) is 0 Å². The number of aliphatic hydroxyl groups is 2. The molecule has 0 bridgehead atoms. The van der Waals surface area contributed by atoms with Gasteiger partial charge in [0.05, 0.1) is 24.7 Å². The number of esters is 1. The van der Waals surface area contributed by atoms with E-state index in [9.17, 15) is 15.0 Å². The summed E-state index contributed by atoms with van der Waals surface area (Å²) in [5, 5.41) is 19.9. The van der Waals surface area contributed by atoms with Crippen molar-refractivity contribution in [1.82, 2.24) is 0 Å². The summed E-state index contributed by atoms with van der Waals surface area (Å²) in [7, 11) is 1.21. The van der Waals surface area contributed by atoms with Crippen LogP contribution in [0.15, 0.2) is 12.1 Å². The van der Waals surface area contributed by atoms with Crippen LogP contribution in [0, 0.1) is 6.92 Å². The number of halogens is 1. The van der Waals surface area contributed by atoms with Gasteiger partial charge in [-0.3, -0.25) is 4.79 Å². The molecule has 0 saturated heterocycles. The van der Waals surface area contributed by atoms with Gasteiger partial charge in [-0.25, -0.2) is 0 Å². The van der Waals surface area contributed by atoms with Crippen molar-refractivity contribution >= 4 is 23.3 Å². The first-order valence-corrected chi connectivity index (χ1v) is 5.73. The SMILES string of the molecule is COC(=O)CC(O)C(O)c1ccc(N)c(C)c1Cl. The zero-order valence-electron chi connectivity index (χ0n) is 10.2. The van der Waals surface area contributed by atoms with E-state index in [-0.39, 0.29) is 11.4 Å². The molecular formula is C12H16ClNO4. The molecular weight excluding hydrogens is 258 g/mol. The first-order chi connectivity index (χ1) is 8.38. The molecule has 0 spiro atoms. The Morgan fingerprint density at radius 1 is 1.50 bits per heavy atom. The number of methoxy groups -OCH3 is 1. The lowest BCUT2D eigenvalue weighted by Gasteiger charge is -2.19. The summed E-state index contributed by atoms with van der Waals surface area (Å²) in [5.74, 6) is -0.607. The molecule has 0 radical (unpaired) electrons. The van der Waals surface area contributed by atoms with Gasteiger partial charge < -0.3 is 20.7 Å². The Bertz CT molecular complexity index is 450. The lowest BCUT2D eigenvalue weighted by molar-refractivity contribution is -0.144. The second-order valence-corrected chi connectivity index (χ2v) is 4.35. The summed E-state index contributed by atoms with van der Waals surface area (Å²) in [6.45, 7) is 1.71. The average molecular weight is 274 g/mol. The molecule has 1 rings (SSSR count). The van der Waals surface area contributed by atoms with Crippen LogP contribution >= 0.6 is 11.6 Å². The van der Waals surface area contributed by atoms with Crippen LogP contribution in [-0.2, 0) is 9.53 Å². The maximum Gasteiger partial charge on any atom is 0.308 e. The Hall–Kier alpha value is -1.30. The van der Waals surface area contributed by atoms with Gasteiger partial charge in [0.1, 0.15) is 6.10 Å². The molecule has 5 nitrogen and oxygen atoms in total. The van der Waals surface area contributed by atoms with Gasteiger partial charge in [-0.1, -0.05) is 17.7 Å². The van der Waals surface area contributed by atoms with E-state index >= 15 is 0 Å². The molecule has 1 aromatic carbocycles. The quantitative estimate of drug-likeness (QED) is 0.566. The van der Waals surface area contributed by atoms with E-state index in [1.165, 1.54) is 13.2 Å². The predicted molar refractivity (Wildman–Crippen MR) is 68.2 cm³/mol. The van der Waals surface area contributed by atoms with Crippen molar-refractivity contribution in [2.75, 3.05) is 12.8 Å². The third-order valence-corrected chi connectivity index (χ3v) is 3.25. The number of anilines is 1. The fourth-order valence-corrected chi connectivity index (χ4v) is 1.81. The van der Waals surface area contributed by atoms with Crippen LogP contribution in [-0.4, -0.2) is 29.4 Å². The highest BCUT2D eigenvalue weighted by Gasteiger charge is 2.24. The molecule has 2 unspecified atom stereocenters. The molecule has 4 N–H and O–H groups in total. The molecule has 0 aliphatic rings. The van der Waals surface area contributed by atoms with Gasteiger partial charge in [-0.2, -0.15) is 0 Å². The van der Waals surface area contributed by atoms with Crippen molar-refractivity contribution in [2.24, 2.45) is 0 Å². The fourth-order valence-electron chi connectivity index (χ4n) is 1.52. The number of hydrogen-bond acceptors (Lipinski definition) is 5. The number of carbonyl (C=O) groups excluding carboxylic acids is 1. The van der Waals surface area contributed by atoms with Gasteiger partial charge in [-0.05, 0) is 18.6 Å². The van der Waals surface area contributed by atoms with E-state index in [0.29, 0.717) is 16.8 Å². The third kappa shape index (κ3) is 3.13. The van der Waals surface area contributed by atoms with Gasteiger partial charge in [0.15, 0.2) is 0 Å². The van der Waals surface area contributed by atoms with E-state index in [0.717, 1.165) is 0 Å². The first kappa shape index (κ1) is 14.8. The minimum absolute atomic E-state index is 0.284. The Balaban J connectivity index is 2.93. The summed E-state index contributed by atoms with van der Waals surface area (Å²) in [6.07, 6.45) is -2.86. The van der Waals surface area contributed by atoms with Gasteiger partial charge in [0.2, 0.25) is 0 Å². The second kappa shape index (κ2) is 6.04. The van der Waals surface area contributed by atoms with Crippen LogP contribution in [0.4, 0.5) is 5.69 Å². The number of rotatable bonds is 4. The number of nitrogens with two attached hydrogens (primary N) is 1. The zero-order chi connectivity index (χ0) is 13.9. The molecule has 0 aromatic heterocycles. The minimum atomic E-state index is -1.28. The lowest BCUT2D eigenvalue weighted by atomic mass is 9.99. The van der Waals surface area contributed by atoms with Crippen LogP contribution in [0.5, 0.6) is 0 Å². The van der Waals surface area contributed by atoms with Gasteiger partial charge >= 0.3 is 5.97 Å². The molecule has 18 heavy (non-hydrogen) atoms. The fraction of sp³-hybridized carbons (Fsp3) is 0.417. The monoisotopic (exact) mass is 273 g/mol. The normalized spacial score (nSPS) is 14.1. The van der Waals surface area contributed by atoms with Crippen molar-refractivity contribution in [3.8, 4) is 0 Å². The number of benzene rings is 1. The van der Waals surface area contributed by atoms with E-state index in [2.05, 4.69) is 4.74 Å². The van der Waals surface area contributed by atoms with Gasteiger partial charge in [-0.15, -0.1) is 0 Å². The van der Waals surface area contributed by atoms with Crippen LogP contribution in [0.25, 0.3) is 0 Å². The largest absolute Gasteiger partial charge is 0.469 e.